The molecule has 14 heavy (non-hydrogen) atoms. The van der Waals surface area contributed by atoms with Gasteiger partial charge in [0.1, 0.15) is 6.23 Å². The Morgan fingerprint density at radius 2 is 1.43 bits per heavy atom. The van der Waals surface area contributed by atoms with Crippen LogP contribution in [0.1, 0.15) is 45.4 Å². The first-order chi connectivity index (χ1) is 6.77. The average molecular weight is 202 g/mol. The van der Waals surface area contributed by atoms with Crippen molar-refractivity contribution in [2.45, 2.75) is 51.7 Å². The molecule has 0 saturated carbocycles. The SMILES string of the molecule is CNCCCCCCCCNC(C)O. The van der Waals surface area contributed by atoms with Crippen LogP contribution < -0.4 is 10.6 Å². The lowest BCUT2D eigenvalue weighted by Crippen LogP contribution is -2.26. The Bertz CT molecular complexity index is 107. The monoisotopic (exact) mass is 202 g/mol. The molecule has 3 N–H and O–H groups in total. The summed E-state index contributed by atoms with van der Waals surface area (Å²) in [6, 6.07) is 0. The molecule has 0 saturated heterocycles. The summed E-state index contributed by atoms with van der Waals surface area (Å²) in [5.41, 5.74) is 0. The van der Waals surface area contributed by atoms with Gasteiger partial charge in [-0.3, -0.25) is 5.32 Å². The fraction of sp³-hybridized carbons (Fsp3) is 1.00. The molecule has 0 fully saturated rings. The van der Waals surface area contributed by atoms with Crippen molar-refractivity contribution >= 4 is 0 Å². The van der Waals surface area contributed by atoms with Crippen molar-refractivity contribution in [1.82, 2.24) is 10.6 Å². The van der Waals surface area contributed by atoms with Crippen LogP contribution in [0.4, 0.5) is 0 Å². The van der Waals surface area contributed by atoms with Gasteiger partial charge in [0.15, 0.2) is 0 Å². The van der Waals surface area contributed by atoms with Crippen LogP contribution in [-0.4, -0.2) is 31.5 Å². The summed E-state index contributed by atoms with van der Waals surface area (Å²) in [4.78, 5) is 0. The van der Waals surface area contributed by atoms with Gasteiger partial charge in [0.05, 0.1) is 0 Å². The maximum atomic E-state index is 8.93. The van der Waals surface area contributed by atoms with Crippen molar-refractivity contribution in [1.29, 1.82) is 0 Å². The van der Waals surface area contributed by atoms with E-state index in [1.54, 1.807) is 6.92 Å². The summed E-state index contributed by atoms with van der Waals surface area (Å²) in [6.45, 7) is 3.84. The molecule has 0 amide bonds. The van der Waals surface area contributed by atoms with Gasteiger partial charge >= 0.3 is 0 Å². The van der Waals surface area contributed by atoms with E-state index in [4.69, 9.17) is 5.11 Å². The molecule has 0 radical (unpaired) electrons. The Morgan fingerprint density at radius 1 is 0.929 bits per heavy atom. The maximum Gasteiger partial charge on any atom is 0.102 e. The number of nitrogens with one attached hydrogen (secondary N) is 2. The highest BCUT2D eigenvalue weighted by Crippen LogP contribution is 2.04. The summed E-state index contributed by atoms with van der Waals surface area (Å²) >= 11 is 0. The summed E-state index contributed by atoms with van der Waals surface area (Å²) in [5, 5.41) is 15.1. The second kappa shape index (κ2) is 11.0. The molecule has 0 heterocycles. The molecule has 86 valence electrons. The van der Waals surface area contributed by atoms with Gasteiger partial charge in [-0.05, 0) is 39.9 Å². The van der Waals surface area contributed by atoms with E-state index < -0.39 is 0 Å². The van der Waals surface area contributed by atoms with E-state index in [0.29, 0.717) is 0 Å². The molecule has 0 aliphatic heterocycles. The molecule has 0 aromatic carbocycles. The van der Waals surface area contributed by atoms with E-state index in [2.05, 4.69) is 10.6 Å². The summed E-state index contributed by atoms with van der Waals surface area (Å²) in [5.74, 6) is 0. The summed E-state index contributed by atoms with van der Waals surface area (Å²) < 4.78 is 0. The van der Waals surface area contributed by atoms with Gasteiger partial charge in [-0.2, -0.15) is 0 Å². The standard InChI is InChI=1S/C11H26N2O/c1-11(14)13-10-8-6-4-3-5-7-9-12-2/h11-14H,3-10H2,1-2H3. The van der Waals surface area contributed by atoms with Crippen molar-refractivity contribution < 1.29 is 5.11 Å². The highest BCUT2D eigenvalue weighted by atomic mass is 16.3. The number of rotatable bonds is 10. The highest BCUT2D eigenvalue weighted by Gasteiger charge is 1.93. The zero-order chi connectivity index (χ0) is 10.6. The summed E-state index contributed by atoms with van der Waals surface area (Å²) in [6.07, 6.45) is 7.40. The third kappa shape index (κ3) is 11.9. The molecule has 0 bridgehead atoms. The molecule has 0 rings (SSSR count). The Kier molecular flexibility index (Phi) is 10.9. The number of hydrogen-bond donors (Lipinski definition) is 3. The lowest BCUT2D eigenvalue weighted by molar-refractivity contribution is 0.156. The van der Waals surface area contributed by atoms with Crippen LogP contribution in [0.15, 0.2) is 0 Å². The predicted molar refractivity (Wildman–Crippen MR) is 61.3 cm³/mol. The van der Waals surface area contributed by atoms with Crippen molar-refractivity contribution in [2.75, 3.05) is 20.1 Å². The van der Waals surface area contributed by atoms with E-state index >= 15 is 0 Å². The smallest absolute Gasteiger partial charge is 0.102 e. The van der Waals surface area contributed by atoms with Crippen molar-refractivity contribution in [3.8, 4) is 0 Å². The van der Waals surface area contributed by atoms with Crippen LogP contribution in [0.25, 0.3) is 0 Å². The first kappa shape index (κ1) is 13.9. The number of hydrogen-bond acceptors (Lipinski definition) is 3. The number of aliphatic hydroxyl groups excluding tert-OH is 1. The van der Waals surface area contributed by atoms with Gasteiger partial charge in [0, 0.05) is 0 Å². The van der Waals surface area contributed by atoms with E-state index in [1.165, 1.54) is 38.5 Å². The predicted octanol–water partition coefficient (Wildman–Crippen LogP) is 1.47. The fourth-order valence-electron chi connectivity index (χ4n) is 1.44. The van der Waals surface area contributed by atoms with Gasteiger partial charge in [0.2, 0.25) is 0 Å². The van der Waals surface area contributed by atoms with Crippen LogP contribution >= 0.6 is 0 Å². The van der Waals surface area contributed by atoms with Crippen LogP contribution in [0, 0.1) is 0 Å². The van der Waals surface area contributed by atoms with Gasteiger partial charge in [0.25, 0.3) is 0 Å². The van der Waals surface area contributed by atoms with Crippen molar-refractivity contribution in [3.63, 3.8) is 0 Å². The Hall–Kier alpha value is -0.120. The van der Waals surface area contributed by atoms with Gasteiger partial charge < -0.3 is 10.4 Å². The van der Waals surface area contributed by atoms with Crippen LogP contribution in [0.2, 0.25) is 0 Å². The van der Waals surface area contributed by atoms with Gasteiger partial charge in [-0.25, -0.2) is 0 Å². The zero-order valence-electron chi connectivity index (χ0n) is 9.68. The van der Waals surface area contributed by atoms with Gasteiger partial charge in [-0.1, -0.05) is 25.7 Å². The van der Waals surface area contributed by atoms with E-state index in [0.717, 1.165) is 13.1 Å². The minimum absolute atomic E-state index is 0.356. The van der Waals surface area contributed by atoms with Crippen LogP contribution in [-0.2, 0) is 0 Å². The molecule has 3 heteroatoms. The fourth-order valence-corrected chi connectivity index (χ4v) is 1.44. The van der Waals surface area contributed by atoms with Crippen LogP contribution in [0.3, 0.4) is 0 Å². The van der Waals surface area contributed by atoms with E-state index in [1.807, 2.05) is 7.05 Å². The molecular formula is C11H26N2O. The van der Waals surface area contributed by atoms with Crippen LogP contribution in [0.5, 0.6) is 0 Å². The molecule has 1 atom stereocenters. The lowest BCUT2D eigenvalue weighted by atomic mass is 10.1. The molecule has 0 spiro atoms. The van der Waals surface area contributed by atoms with Gasteiger partial charge in [-0.15, -0.1) is 0 Å². The highest BCUT2D eigenvalue weighted by molar-refractivity contribution is 4.50. The minimum atomic E-state index is -0.356. The quantitative estimate of drug-likeness (QED) is 0.371. The first-order valence-electron chi connectivity index (χ1n) is 5.83. The molecular weight excluding hydrogens is 176 g/mol. The van der Waals surface area contributed by atoms with E-state index in [9.17, 15) is 0 Å². The van der Waals surface area contributed by atoms with E-state index in [-0.39, 0.29) is 6.23 Å². The molecule has 1 unspecified atom stereocenters. The largest absolute Gasteiger partial charge is 0.379 e. The first-order valence-corrected chi connectivity index (χ1v) is 5.83. The molecule has 0 aliphatic rings. The molecule has 0 aromatic rings. The molecule has 0 aromatic heterocycles. The summed E-state index contributed by atoms with van der Waals surface area (Å²) in [7, 11) is 2.00. The second-order valence-electron chi connectivity index (χ2n) is 3.85. The Morgan fingerprint density at radius 3 is 1.93 bits per heavy atom. The topological polar surface area (TPSA) is 44.3 Å². The third-order valence-corrected chi connectivity index (χ3v) is 2.29. The number of aliphatic hydroxyl groups is 1. The Labute approximate surface area is 88.3 Å². The minimum Gasteiger partial charge on any atom is -0.379 e. The molecule has 3 nitrogen and oxygen atoms in total. The number of unbranched alkanes of at least 4 members (excludes halogenated alkanes) is 5. The lowest BCUT2D eigenvalue weighted by Gasteiger charge is -2.06. The zero-order valence-corrected chi connectivity index (χ0v) is 9.68. The normalized spacial score (nSPS) is 13.1. The maximum absolute atomic E-state index is 8.93. The van der Waals surface area contributed by atoms with Crippen molar-refractivity contribution in [3.05, 3.63) is 0 Å². The third-order valence-electron chi connectivity index (χ3n) is 2.29. The average Bonchev–Trinajstić information content (AvgIpc) is 2.15. The second-order valence-corrected chi connectivity index (χ2v) is 3.85. The Balaban J connectivity index is 2.85. The van der Waals surface area contributed by atoms with Crippen molar-refractivity contribution in [2.24, 2.45) is 0 Å². The molecule has 0 aliphatic carbocycles.